The lowest BCUT2D eigenvalue weighted by Gasteiger charge is -2.11. The van der Waals surface area contributed by atoms with Gasteiger partial charge in [0.1, 0.15) is 5.82 Å². The van der Waals surface area contributed by atoms with Crippen molar-refractivity contribution in [2.24, 2.45) is 5.73 Å². The third-order valence-electron chi connectivity index (χ3n) is 4.83. The maximum Gasteiger partial charge on any atom is 0.110 e. The van der Waals surface area contributed by atoms with E-state index in [-0.39, 0.29) is 0 Å². The maximum absolute atomic E-state index is 6.40. The third-order valence-corrected chi connectivity index (χ3v) is 5.20. The molecular weight excluding hydrogens is 330 g/mol. The van der Waals surface area contributed by atoms with Gasteiger partial charge in [0.2, 0.25) is 0 Å². The number of aryl methyl sites for hydroxylation is 3. The smallest absolute Gasteiger partial charge is 0.110 e. The predicted octanol–water partition coefficient (Wildman–Crippen LogP) is 5.03. The highest BCUT2D eigenvalue weighted by Crippen LogP contribution is 2.25. The fourth-order valence-electron chi connectivity index (χ4n) is 3.20. The van der Waals surface area contributed by atoms with Crippen molar-refractivity contribution in [3.63, 3.8) is 0 Å². The van der Waals surface area contributed by atoms with Crippen LogP contribution in [0.25, 0.3) is 11.0 Å². The Morgan fingerprint density at radius 2 is 1.80 bits per heavy atom. The average Bonchev–Trinajstić information content (AvgIpc) is 2.91. The number of halogens is 1. The summed E-state index contributed by atoms with van der Waals surface area (Å²) in [5.74, 6) is 1.14. The number of fused-ring (bicyclic) bond motifs is 1. The molecule has 132 valence electrons. The van der Waals surface area contributed by atoms with Crippen molar-refractivity contribution in [3.8, 4) is 0 Å². The number of rotatable bonds is 7. The first kappa shape index (κ1) is 18.0. The largest absolute Gasteiger partial charge is 0.330 e. The lowest BCUT2D eigenvalue weighted by molar-refractivity contribution is 0.644. The summed E-state index contributed by atoms with van der Waals surface area (Å²) in [5, 5.41) is 0.808. The highest BCUT2D eigenvalue weighted by Gasteiger charge is 2.13. The number of hydrogen-bond donors (Lipinski definition) is 1. The van der Waals surface area contributed by atoms with Gasteiger partial charge >= 0.3 is 0 Å². The molecule has 3 aromatic rings. The molecule has 0 fully saturated rings. The number of nitrogens with zero attached hydrogens (tertiary/aromatic N) is 2. The zero-order chi connectivity index (χ0) is 17.8. The second kappa shape index (κ2) is 8.03. The lowest BCUT2D eigenvalue weighted by Crippen LogP contribution is -2.06. The standard InChI is InChI=1S/C21H26ClN3/c1-15-12-19-20(13-16(15)2)25(14-17-8-5-6-9-18(17)22)21(24-19)10-4-3-7-11-23/h5-6,8-9,12-13H,3-4,7,10-11,14,23H2,1-2H3. The summed E-state index contributed by atoms with van der Waals surface area (Å²) in [6.45, 7) is 5.81. The van der Waals surface area contributed by atoms with Gasteiger partial charge in [-0.15, -0.1) is 0 Å². The van der Waals surface area contributed by atoms with Crippen LogP contribution in [-0.4, -0.2) is 16.1 Å². The van der Waals surface area contributed by atoms with Crippen LogP contribution in [0.15, 0.2) is 36.4 Å². The minimum atomic E-state index is 0.755. The third kappa shape index (κ3) is 4.05. The number of nitrogens with two attached hydrogens (primary N) is 1. The van der Waals surface area contributed by atoms with Gasteiger partial charge in [-0.1, -0.05) is 36.2 Å². The molecule has 3 rings (SSSR count). The molecule has 0 radical (unpaired) electrons. The molecule has 0 atom stereocenters. The fourth-order valence-corrected chi connectivity index (χ4v) is 3.39. The van der Waals surface area contributed by atoms with Gasteiger partial charge < -0.3 is 10.3 Å². The summed E-state index contributed by atoms with van der Waals surface area (Å²) in [4.78, 5) is 4.93. The molecule has 1 aromatic heterocycles. The van der Waals surface area contributed by atoms with Gasteiger partial charge in [0, 0.05) is 11.4 Å². The predicted molar refractivity (Wildman–Crippen MR) is 106 cm³/mol. The molecule has 0 amide bonds. The van der Waals surface area contributed by atoms with Crippen molar-refractivity contribution in [2.45, 2.75) is 46.1 Å². The molecule has 0 aliphatic heterocycles. The summed E-state index contributed by atoms with van der Waals surface area (Å²) in [6.07, 6.45) is 4.30. The summed E-state index contributed by atoms with van der Waals surface area (Å²) in [7, 11) is 0. The van der Waals surface area contributed by atoms with Gasteiger partial charge in [0.25, 0.3) is 0 Å². The molecule has 3 nitrogen and oxygen atoms in total. The van der Waals surface area contributed by atoms with E-state index < -0.39 is 0 Å². The minimum absolute atomic E-state index is 0.755. The van der Waals surface area contributed by atoms with Gasteiger partial charge in [0.05, 0.1) is 17.6 Å². The van der Waals surface area contributed by atoms with Crippen LogP contribution in [0.1, 0.15) is 41.8 Å². The highest BCUT2D eigenvalue weighted by atomic mass is 35.5. The summed E-state index contributed by atoms with van der Waals surface area (Å²) >= 11 is 6.40. The van der Waals surface area contributed by atoms with Crippen molar-refractivity contribution < 1.29 is 0 Å². The van der Waals surface area contributed by atoms with E-state index in [0.717, 1.165) is 60.7 Å². The molecule has 0 aliphatic carbocycles. The Labute approximate surface area is 154 Å². The molecule has 0 aliphatic rings. The van der Waals surface area contributed by atoms with Crippen molar-refractivity contribution >= 4 is 22.6 Å². The van der Waals surface area contributed by atoms with Crippen LogP contribution in [0.3, 0.4) is 0 Å². The quantitative estimate of drug-likeness (QED) is 0.604. The Morgan fingerprint density at radius 1 is 1.04 bits per heavy atom. The van der Waals surface area contributed by atoms with Gasteiger partial charge in [-0.25, -0.2) is 4.98 Å². The highest BCUT2D eigenvalue weighted by molar-refractivity contribution is 6.31. The van der Waals surface area contributed by atoms with Gasteiger partial charge in [-0.05, 0) is 68.1 Å². The van der Waals surface area contributed by atoms with Crippen LogP contribution < -0.4 is 5.73 Å². The molecule has 0 saturated heterocycles. The zero-order valence-corrected chi connectivity index (χ0v) is 15.8. The summed E-state index contributed by atoms with van der Waals surface area (Å²) < 4.78 is 2.32. The number of aromatic nitrogens is 2. The summed E-state index contributed by atoms with van der Waals surface area (Å²) in [6, 6.07) is 12.5. The van der Waals surface area contributed by atoms with E-state index in [4.69, 9.17) is 22.3 Å². The first-order valence-corrected chi connectivity index (χ1v) is 9.38. The van der Waals surface area contributed by atoms with Crippen LogP contribution in [0.2, 0.25) is 5.02 Å². The topological polar surface area (TPSA) is 43.8 Å². The average molecular weight is 356 g/mol. The van der Waals surface area contributed by atoms with Crippen LogP contribution >= 0.6 is 11.6 Å². The van der Waals surface area contributed by atoms with E-state index in [2.05, 4.69) is 36.6 Å². The van der Waals surface area contributed by atoms with E-state index >= 15 is 0 Å². The number of hydrogen-bond acceptors (Lipinski definition) is 2. The SMILES string of the molecule is Cc1cc2nc(CCCCCN)n(Cc3ccccc3Cl)c2cc1C. The number of unbranched alkanes of at least 4 members (excludes halogenated alkanes) is 2. The molecule has 2 aromatic carbocycles. The molecule has 0 unspecified atom stereocenters. The molecular formula is C21H26ClN3. The Hall–Kier alpha value is -1.84. The molecule has 0 spiro atoms. The molecule has 4 heteroatoms. The van der Waals surface area contributed by atoms with E-state index in [9.17, 15) is 0 Å². The van der Waals surface area contributed by atoms with Crippen molar-refractivity contribution in [3.05, 3.63) is 63.9 Å². The Morgan fingerprint density at radius 3 is 2.56 bits per heavy atom. The Bertz CT molecular complexity index is 867. The van der Waals surface area contributed by atoms with Crippen LogP contribution in [0.4, 0.5) is 0 Å². The second-order valence-electron chi connectivity index (χ2n) is 6.73. The summed E-state index contributed by atoms with van der Waals surface area (Å²) in [5.41, 5.74) is 11.6. The van der Waals surface area contributed by atoms with Crippen molar-refractivity contribution in [2.75, 3.05) is 6.54 Å². The minimum Gasteiger partial charge on any atom is -0.330 e. The first-order valence-electron chi connectivity index (χ1n) is 9.00. The molecule has 25 heavy (non-hydrogen) atoms. The van der Waals surface area contributed by atoms with Crippen molar-refractivity contribution in [1.82, 2.24) is 9.55 Å². The Kier molecular flexibility index (Phi) is 5.77. The first-order chi connectivity index (χ1) is 12.1. The normalized spacial score (nSPS) is 11.4. The molecule has 0 bridgehead atoms. The van der Waals surface area contributed by atoms with E-state index in [1.807, 2.05) is 18.2 Å². The fraction of sp³-hybridized carbons (Fsp3) is 0.381. The molecule has 1 heterocycles. The van der Waals surface area contributed by atoms with E-state index in [1.54, 1.807) is 0 Å². The zero-order valence-electron chi connectivity index (χ0n) is 15.1. The molecule has 2 N–H and O–H groups in total. The van der Waals surface area contributed by atoms with Crippen molar-refractivity contribution in [1.29, 1.82) is 0 Å². The van der Waals surface area contributed by atoms with Gasteiger partial charge in [-0.3, -0.25) is 0 Å². The second-order valence-corrected chi connectivity index (χ2v) is 7.14. The van der Waals surface area contributed by atoms with Gasteiger partial charge in [0.15, 0.2) is 0 Å². The van der Waals surface area contributed by atoms with Gasteiger partial charge in [-0.2, -0.15) is 0 Å². The maximum atomic E-state index is 6.40. The lowest BCUT2D eigenvalue weighted by atomic mass is 10.1. The van der Waals surface area contributed by atoms with E-state index in [0.29, 0.717) is 0 Å². The monoisotopic (exact) mass is 355 g/mol. The van der Waals surface area contributed by atoms with Crippen LogP contribution in [0, 0.1) is 13.8 Å². The molecule has 0 saturated carbocycles. The van der Waals surface area contributed by atoms with Crippen LogP contribution in [0.5, 0.6) is 0 Å². The van der Waals surface area contributed by atoms with E-state index in [1.165, 1.54) is 16.6 Å². The Balaban J connectivity index is 1.99. The number of imidazole rings is 1. The number of benzene rings is 2. The van der Waals surface area contributed by atoms with Crippen LogP contribution in [-0.2, 0) is 13.0 Å².